The van der Waals surface area contributed by atoms with Gasteiger partial charge in [-0.15, -0.1) is 0 Å². The molecule has 9 heteroatoms. The number of nitrogens with zero attached hydrogens (tertiary/aromatic N) is 3. The third-order valence-electron chi connectivity index (χ3n) is 2.86. The first kappa shape index (κ1) is 15.7. The molecule has 0 aromatic heterocycles. The molecule has 1 fully saturated rings. The number of rotatable bonds is 4. The van der Waals surface area contributed by atoms with Gasteiger partial charge in [0.1, 0.15) is 0 Å². The van der Waals surface area contributed by atoms with E-state index in [1.807, 2.05) is 0 Å². The Morgan fingerprint density at radius 2 is 1.68 bits per heavy atom. The maximum atomic E-state index is 11.8. The van der Waals surface area contributed by atoms with Crippen molar-refractivity contribution in [3.8, 4) is 0 Å². The second-order valence-electron chi connectivity index (χ2n) is 4.52. The Bertz CT molecular complexity index is 440. The molecule has 1 heterocycles. The van der Waals surface area contributed by atoms with Gasteiger partial charge in [0.25, 0.3) is 0 Å². The molecule has 2 amide bonds. The number of hydrogen-bond acceptors (Lipinski definition) is 4. The van der Waals surface area contributed by atoms with Crippen molar-refractivity contribution < 1.29 is 23.1 Å². The second-order valence-corrected chi connectivity index (χ2v) is 6.61. The summed E-state index contributed by atoms with van der Waals surface area (Å²) in [5.41, 5.74) is 0. The van der Waals surface area contributed by atoms with Crippen LogP contribution in [0.3, 0.4) is 0 Å². The number of carbonyl (C=O) groups excluding carboxylic acids is 1. The highest BCUT2D eigenvalue weighted by molar-refractivity contribution is 7.89. The molecule has 0 aliphatic carbocycles. The van der Waals surface area contributed by atoms with Crippen LogP contribution in [0, 0.1) is 0 Å². The number of sulfonamides is 1. The van der Waals surface area contributed by atoms with Crippen molar-refractivity contribution in [1.29, 1.82) is 0 Å². The van der Waals surface area contributed by atoms with Gasteiger partial charge in [0.05, 0.1) is 12.2 Å². The highest BCUT2D eigenvalue weighted by Crippen LogP contribution is 2.10. The second kappa shape index (κ2) is 6.20. The largest absolute Gasteiger partial charge is 0.481 e. The molecule has 0 aromatic carbocycles. The van der Waals surface area contributed by atoms with Crippen LogP contribution < -0.4 is 0 Å². The average Bonchev–Trinajstić information content (AvgIpc) is 2.35. The topological polar surface area (TPSA) is 98.2 Å². The van der Waals surface area contributed by atoms with E-state index >= 15 is 0 Å². The first-order chi connectivity index (χ1) is 8.74. The predicted octanol–water partition coefficient (Wildman–Crippen LogP) is -0.910. The SMILES string of the molecule is CN(C)C(=O)N1CCN(S(=O)(=O)CCC(=O)O)CC1. The van der Waals surface area contributed by atoms with Crippen LogP contribution >= 0.6 is 0 Å². The summed E-state index contributed by atoms with van der Waals surface area (Å²) in [6.07, 6.45) is -0.404. The van der Waals surface area contributed by atoms with Gasteiger partial charge >= 0.3 is 12.0 Å². The molecule has 0 atom stereocenters. The molecule has 1 N–H and O–H groups in total. The zero-order valence-corrected chi connectivity index (χ0v) is 11.9. The van der Waals surface area contributed by atoms with E-state index in [4.69, 9.17) is 5.11 Å². The number of carbonyl (C=O) groups is 2. The number of carboxylic acids is 1. The van der Waals surface area contributed by atoms with Gasteiger partial charge in [-0.05, 0) is 0 Å². The molecular weight excluding hydrogens is 274 g/mol. The van der Waals surface area contributed by atoms with E-state index in [0.717, 1.165) is 0 Å². The Labute approximate surface area is 112 Å². The molecular formula is C10H19N3O5S. The zero-order valence-electron chi connectivity index (χ0n) is 11.1. The molecule has 0 aromatic rings. The van der Waals surface area contributed by atoms with Gasteiger partial charge in [-0.1, -0.05) is 0 Å². The summed E-state index contributed by atoms with van der Waals surface area (Å²) >= 11 is 0. The first-order valence-electron chi connectivity index (χ1n) is 5.90. The van der Waals surface area contributed by atoms with Gasteiger partial charge in [-0.25, -0.2) is 13.2 Å². The Hall–Kier alpha value is -1.35. The monoisotopic (exact) mass is 293 g/mol. The van der Waals surface area contributed by atoms with Crippen LogP contribution in [0.15, 0.2) is 0 Å². The number of carboxylic acid groups (broad SMARTS) is 1. The average molecular weight is 293 g/mol. The smallest absolute Gasteiger partial charge is 0.319 e. The third-order valence-corrected chi connectivity index (χ3v) is 4.73. The molecule has 1 saturated heterocycles. The molecule has 8 nitrogen and oxygen atoms in total. The summed E-state index contributed by atoms with van der Waals surface area (Å²) < 4.78 is 24.9. The zero-order chi connectivity index (χ0) is 14.6. The Morgan fingerprint density at radius 3 is 2.11 bits per heavy atom. The molecule has 0 unspecified atom stereocenters. The molecule has 1 aliphatic rings. The molecule has 0 saturated carbocycles. The van der Waals surface area contributed by atoms with E-state index in [9.17, 15) is 18.0 Å². The van der Waals surface area contributed by atoms with Crippen molar-refractivity contribution in [2.45, 2.75) is 6.42 Å². The predicted molar refractivity (Wildman–Crippen MR) is 68.3 cm³/mol. The number of urea groups is 1. The van der Waals surface area contributed by atoms with E-state index in [-0.39, 0.29) is 19.1 Å². The highest BCUT2D eigenvalue weighted by Gasteiger charge is 2.29. The van der Waals surface area contributed by atoms with Gasteiger partial charge in [0.15, 0.2) is 0 Å². The summed E-state index contributed by atoms with van der Waals surface area (Å²) in [6.45, 7) is 1.07. The van der Waals surface area contributed by atoms with Crippen LogP contribution in [0.2, 0.25) is 0 Å². The highest BCUT2D eigenvalue weighted by atomic mass is 32.2. The fourth-order valence-corrected chi connectivity index (χ4v) is 3.20. The van der Waals surface area contributed by atoms with Crippen LogP contribution in [-0.4, -0.2) is 85.7 Å². The lowest BCUT2D eigenvalue weighted by atomic mass is 10.4. The van der Waals surface area contributed by atoms with Crippen molar-refractivity contribution in [1.82, 2.24) is 14.1 Å². The maximum Gasteiger partial charge on any atom is 0.319 e. The minimum absolute atomic E-state index is 0.150. The van der Waals surface area contributed by atoms with E-state index < -0.39 is 28.2 Å². The standard InChI is InChI=1S/C10H19N3O5S/c1-11(2)10(16)12-4-6-13(7-5-12)19(17,18)8-3-9(14)15/h3-8H2,1-2H3,(H,14,15). The molecule has 0 radical (unpaired) electrons. The van der Waals surface area contributed by atoms with Crippen molar-refractivity contribution in [2.24, 2.45) is 0 Å². The van der Waals surface area contributed by atoms with E-state index in [2.05, 4.69) is 0 Å². The van der Waals surface area contributed by atoms with E-state index in [0.29, 0.717) is 13.1 Å². The normalized spacial score (nSPS) is 17.3. The van der Waals surface area contributed by atoms with Crippen molar-refractivity contribution >= 4 is 22.0 Å². The van der Waals surface area contributed by atoms with Crippen molar-refractivity contribution in [3.05, 3.63) is 0 Å². The summed E-state index contributed by atoms with van der Waals surface area (Å²) in [7, 11) is -0.272. The summed E-state index contributed by atoms with van der Waals surface area (Å²) in [4.78, 5) is 25.1. The summed E-state index contributed by atoms with van der Waals surface area (Å²) in [6, 6.07) is -0.150. The lowest BCUT2D eigenvalue weighted by Gasteiger charge is -2.35. The maximum absolute atomic E-state index is 11.8. The van der Waals surface area contributed by atoms with E-state index in [1.165, 1.54) is 9.21 Å². The third kappa shape index (κ3) is 4.35. The molecule has 19 heavy (non-hydrogen) atoms. The van der Waals surface area contributed by atoms with Gasteiger partial charge in [-0.2, -0.15) is 4.31 Å². The number of amides is 2. The van der Waals surface area contributed by atoms with Crippen LogP contribution in [0.4, 0.5) is 4.79 Å². The Kier molecular flexibility index (Phi) is 5.12. The quantitative estimate of drug-likeness (QED) is 0.723. The Morgan fingerprint density at radius 1 is 1.16 bits per heavy atom. The minimum Gasteiger partial charge on any atom is -0.481 e. The minimum atomic E-state index is -3.55. The van der Waals surface area contributed by atoms with Crippen molar-refractivity contribution in [2.75, 3.05) is 46.0 Å². The van der Waals surface area contributed by atoms with Crippen LogP contribution in [0.5, 0.6) is 0 Å². The Balaban J connectivity index is 2.53. The van der Waals surface area contributed by atoms with Gasteiger partial charge in [-0.3, -0.25) is 4.79 Å². The van der Waals surface area contributed by atoms with Crippen LogP contribution in [0.25, 0.3) is 0 Å². The molecule has 0 bridgehead atoms. The number of piperazine rings is 1. The molecule has 1 rings (SSSR count). The van der Waals surface area contributed by atoms with Crippen LogP contribution in [0.1, 0.15) is 6.42 Å². The van der Waals surface area contributed by atoms with Gasteiger partial charge in [0.2, 0.25) is 10.0 Å². The summed E-state index contributed by atoms with van der Waals surface area (Å²) in [5, 5.41) is 8.51. The van der Waals surface area contributed by atoms with Gasteiger partial charge in [0, 0.05) is 40.3 Å². The molecule has 1 aliphatic heterocycles. The lowest BCUT2D eigenvalue weighted by molar-refractivity contribution is -0.136. The fourth-order valence-electron chi connectivity index (χ4n) is 1.79. The fraction of sp³-hybridized carbons (Fsp3) is 0.800. The van der Waals surface area contributed by atoms with Crippen LogP contribution in [-0.2, 0) is 14.8 Å². The van der Waals surface area contributed by atoms with E-state index in [1.54, 1.807) is 19.0 Å². The van der Waals surface area contributed by atoms with Gasteiger partial charge < -0.3 is 14.9 Å². The summed E-state index contributed by atoms with van der Waals surface area (Å²) in [5.74, 6) is -1.53. The van der Waals surface area contributed by atoms with Crippen molar-refractivity contribution in [3.63, 3.8) is 0 Å². The first-order valence-corrected chi connectivity index (χ1v) is 7.51. The number of aliphatic carboxylic acids is 1. The molecule has 110 valence electrons. The molecule has 0 spiro atoms. The lowest BCUT2D eigenvalue weighted by Crippen LogP contribution is -2.53. The number of hydrogen-bond donors (Lipinski definition) is 1.